The number of aromatic nitrogens is 2. The molecule has 4 atom stereocenters. The summed E-state index contributed by atoms with van der Waals surface area (Å²) in [6.07, 6.45) is -2.29. The van der Waals surface area contributed by atoms with Crippen LogP contribution in [0.5, 0.6) is 0 Å². The summed E-state index contributed by atoms with van der Waals surface area (Å²) in [5, 5.41) is 3.57. The van der Waals surface area contributed by atoms with Gasteiger partial charge in [0.1, 0.15) is 0 Å². The highest BCUT2D eigenvalue weighted by atomic mass is 19.4. The van der Waals surface area contributed by atoms with E-state index in [4.69, 9.17) is 4.74 Å². The number of aryl methyl sites for hydroxylation is 1. The van der Waals surface area contributed by atoms with E-state index < -0.39 is 11.9 Å². The normalized spacial score (nSPS) is 35.4. The van der Waals surface area contributed by atoms with Crippen molar-refractivity contribution in [1.29, 1.82) is 0 Å². The fourth-order valence-electron chi connectivity index (χ4n) is 3.28. The zero-order valence-corrected chi connectivity index (χ0v) is 10.2. The van der Waals surface area contributed by atoms with Crippen molar-refractivity contribution in [3.8, 4) is 0 Å². The molecule has 2 bridgehead atoms. The molecule has 0 amide bonds. The minimum absolute atomic E-state index is 0.0477. The molecule has 100 valence electrons. The molecular weight excluding hydrogens is 245 g/mol. The standard InChI is InChI=1S/C12H15F3N2O/c1-6-3-7-4-8(11(6)18-7)9-5-10(12(13,14)15)16-17(9)2/h5-8,11H,3-4H2,1-2H3. The molecule has 0 radical (unpaired) electrons. The molecule has 1 aromatic heterocycles. The Morgan fingerprint density at radius 3 is 2.61 bits per heavy atom. The summed E-state index contributed by atoms with van der Waals surface area (Å²) in [4.78, 5) is 0. The first-order valence-corrected chi connectivity index (χ1v) is 6.13. The number of halogens is 3. The van der Waals surface area contributed by atoms with E-state index in [9.17, 15) is 13.2 Å². The van der Waals surface area contributed by atoms with E-state index >= 15 is 0 Å². The molecule has 1 aromatic rings. The van der Waals surface area contributed by atoms with Gasteiger partial charge >= 0.3 is 6.18 Å². The van der Waals surface area contributed by atoms with Gasteiger partial charge in [0.25, 0.3) is 0 Å². The fourth-order valence-corrected chi connectivity index (χ4v) is 3.28. The molecule has 2 fully saturated rings. The Morgan fingerprint density at radius 2 is 2.11 bits per heavy atom. The third kappa shape index (κ3) is 1.74. The van der Waals surface area contributed by atoms with Crippen molar-refractivity contribution in [3.63, 3.8) is 0 Å². The molecule has 3 heterocycles. The molecule has 4 unspecified atom stereocenters. The van der Waals surface area contributed by atoms with E-state index in [1.54, 1.807) is 7.05 Å². The number of ether oxygens (including phenoxy) is 1. The first-order valence-electron chi connectivity index (χ1n) is 6.13. The summed E-state index contributed by atoms with van der Waals surface area (Å²) >= 11 is 0. The van der Waals surface area contributed by atoms with Crippen LogP contribution in [0.4, 0.5) is 13.2 Å². The Labute approximate surface area is 103 Å². The van der Waals surface area contributed by atoms with Gasteiger partial charge < -0.3 is 4.74 Å². The first-order chi connectivity index (χ1) is 8.36. The Balaban J connectivity index is 1.92. The number of nitrogens with zero attached hydrogens (tertiary/aromatic N) is 2. The van der Waals surface area contributed by atoms with Crippen LogP contribution < -0.4 is 0 Å². The monoisotopic (exact) mass is 260 g/mol. The van der Waals surface area contributed by atoms with Gasteiger partial charge in [-0.05, 0) is 24.8 Å². The summed E-state index contributed by atoms with van der Waals surface area (Å²) in [6, 6.07) is 1.17. The van der Waals surface area contributed by atoms with Gasteiger partial charge in [-0.15, -0.1) is 0 Å². The van der Waals surface area contributed by atoms with Crippen molar-refractivity contribution in [2.24, 2.45) is 13.0 Å². The van der Waals surface area contributed by atoms with Crippen molar-refractivity contribution < 1.29 is 17.9 Å². The predicted octanol–water partition coefficient (Wildman–Crippen LogP) is 2.72. The van der Waals surface area contributed by atoms with Crippen LogP contribution in [0, 0.1) is 5.92 Å². The minimum atomic E-state index is -4.37. The molecule has 0 spiro atoms. The SMILES string of the molecule is CC1CC2CC(c3cc(C(F)(F)F)nn3C)C1O2. The van der Waals surface area contributed by atoms with Gasteiger partial charge in [-0.25, -0.2) is 0 Å². The molecule has 18 heavy (non-hydrogen) atoms. The minimum Gasteiger partial charge on any atom is -0.374 e. The summed E-state index contributed by atoms with van der Waals surface area (Å²) in [6.45, 7) is 2.10. The molecule has 6 heteroatoms. The largest absolute Gasteiger partial charge is 0.435 e. The maximum atomic E-state index is 12.6. The smallest absolute Gasteiger partial charge is 0.374 e. The topological polar surface area (TPSA) is 27.1 Å². The molecule has 0 N–H and O–H groups in total. The van der Waals surface area contributed by atoms with E-state index in [2.05, 4.69) is 12.0 Å². The maximum absolute atomic E-state index is 12.6. The van der Waals surface area contributed by atoms with Gasteiger partial charge in [0, 0.05) is 18.7 Å². The lowest BCUT2D eigenvalue weighted by atomic mass is 9.80. The highest BCUT2D eigenvalue weighted by molar-refractivity contribution is 5.21. The van der Waals surface area contributed by atoms with Crippen molar-refractivity contribution in [2.75, 3.05) is 0 Å². The van der Waals surface area contributed by atoms with Crippen LogP contribution >= 0.6 is 0 Å². The van der Waals surface area contributed by atoms with Gasteiger partial charge in [-0.1, -0.05) is 6.92 Å². The van der Waals surface area contributed by atoms with Crippen molar-refractivity contribution >= 4 is 0 Å². The van der Waals surface area contributed by atoms with Gasteiger partial charge in [-0.3, -0.25) is 4.68 Å². The quantitative estimate of drug-likeness (QED) is 0.776. The third-order valence-electron chi connectivity index (χ3n) is 4.04. The molecule has 2 aliphatic heterocycles. The van der Waals surface area contributed by atoms with E-state index in [1.165, 1.54) is 10.7 Å². The molecule has 0 aromatic carbocycles. The predicted molar refractivity (Wildman–Crippen MR) is 58.0 cm³/mol. The molecule has 3 rings (SSSR count). The molecule has 2 aliphatic rings. The van der Waals surface area contributed by atoms with Crippen LogP contribution in [0.25, 0.3) is 0 Å². The Bertz CT molecular complexity index is 468. The highest BCUT2D eigenvalue weighted by Crippen LogP contribution is 2.47. The molecular formula is C12H15F3N2O. The second-order valence-corrected chi connectivity index (χ2v) is 5.35. The zero-order valence-electron chi connectivity index (χ0n) is 10.2. The number of alkyl halides is 3. The number of hydrogen-bond acceptors (Lipinski definition) is 2. The first kappa shape index (κ1) is 12.0. The van der Waals surface area contributed by atoms with Crippen molar-refractivity contribution in [2.45, 2.75) is 44.1 Å². The second-order valence-electron chi connectivity index (χ2n) is 5.35. The van der Waals surface area contributed by atoms with Crippen molar-refractivity contribution in [1.82, 2.24) is 9.78 Å². The highest BCUT2D eigenvalue weighted by Gasteiger charge is 2.48. The number of rotatable bonds is 1. The Hall–Kier alpha value is -1.04. The Morgan fingerprint density at radius 1 is 1.39 bits per heavy atom. The lowest BCUT2D eigenvalue weighted by Gasteiger charge is -2.23. The van der Waals surface area contributed by atoms with Gasteiger partial charge in [0.05, 0.1) is 12.2 Å². The second kappa shape index (κ2) is 3.73. The van der Waals surface area contributed by atoms with E-state index in [-0.39, 0.29) is 18.1 Å². The Kier molecular flexibility index (Phi) is 2.49. The zero-order chi connectivity index (χ0) is 13.1. The van der Waals surface area contributed by atoms with E-state index in [0.717, 1.165) is 12.8 Å². The average molecular weight is 260 g/mol. The fraction of sp³-hybridized carbons (Fsp3) is 0.750. The summed E-state index contributed by atoms with van der Waals surface area (Å²) in [5.74, 6) is 0.463. The third-order valence-corrected chi connectivity index (χ3v) is 4.04. The van der Waals surface area contributed by atoms with Crippen LogP contribution in [0.2, 0.25) is 0 Å². The van der Waals surface area contributed by atoms with Crippen LogP contribution in [-0.2, 0) is 18.0 Å². The molecule has 0 aliphatic carbocycles. The van der Waals surface area contributed by atoms with Gasteiger partial charge in [-0.2, -0.15) is 18.3 Å². The van der Waals surface area contributed by atoms with E-state index in [1.807, 2.05) is 0 Å². The summed E-state index contributed by atoms with van der Waals surface area (Å²) < 4.78 is 45.0. The molecule has 3 nitrogen and oxygen atoms in total. The van der Waals surface area contributed by atoms with E-state index in [0.29, 0.717) is 11.6 Å². The number of hydrogen-bond donors (Lipinski definition) is 0. The van der Waals surface area contributed by atoms with Gasteiger partial charge in [0.2, 0.25) is 0 Å². The van der Waals surface area contributed by atoms with Crippen molar-refractivity contribution in [3.05, 3.63) is 17.5 Å². The lowest BCUT2D eigenvalue weighted by molar-refractivity contribution is -0.141. The maximum Gasteiger partial charge on any atom is 0.435 e. The summed E-state index contributed by atoms with van der Waals surface area (Å²) in [7, 11) is 1.57. The lowest BCUT2D eigenvalue weighted by Crippen LogP contribution is -2.24. The molecule has 2 saturated heterocycles. The van der Waals surface area contributed by atoms with Crippen LogP contribution in [-0.4, -0.2) is 22.0 Å². The van der Waals surface area contributed by atoms with Crippen LogP contribution in [0.1, 0.15) is 37.1 Å². The number of fused-ring (bicyclic) bond motifs is 2. The van der Waals surface area contributed by atoms with Crippen LogP contribution in [0.3, 0.4) is 0 Å². The molecule has 0 saturated carbocycles. The summed E-state index contributed by atoms with van der Waals surface area (Å²) in [5.41, 5.74) is -0.170. The van der Waals surface area contributed by atoms with Crippen LogP contribution in [0.15, 0.2) is 6.07 Å². The average Bonchev–Trinajstić information content (AvgIpc) is 2.88. The van der Waals surface area contributed by atoms with Gasteiger partial charge in [0.15, 0.2) is 5.69 Å².